The van der Waals surface area contributed by atoms with Crippen LogP contribution in [0.3, 0.4) is 0 Å². The molecule has 0 bridgehead atoms. The Morgan fingerprint density at radius 1 is 1.12 bits per heavy atom. The number of anilines is 1. The molecule has 1 aliphatic rings. The van der Waals surface area contributed by atoms with Crippen molar-refractivity contribution in [2.45, 2.75) is 18.2 Å². The minimum absolute atomic E-state index is 0.0426. The highest BCUT2D eigenvalue weighted by molar-refractivity contribution is 7.91. The summed E-state index contributed by atoms with van der Waals surface area (Å²) in [4.78, 5) is 14.4. The number of benzene rings is 2. The van der Waals surface area contributed by atoms with E-state index < -0.39 is 9.84 Å². The summed E-state index contributed by atoms with van der Waals surface area (Å²) in [6.07, 6.45) is 0.223. The van der Waals surface area contributed by atoms with Crippen molar-refractivity contribution in [1.29, 1.82) is 0 Å². The van der Waals surface area contributed by atoms with E-state index >= 15 is 0 Å². The number of nitrogens with zero attached hydrogens (tertiary/aromatic N) is 1. The fraction of sp³-hybridized carbons (Fsp3) is 0.278. The van der Waals surface area contributed by atoms with Gasteiger partial charge in [0.05, 0.1) is 29.4 Å². The van der Waals surface area contributed by atoms with Crippen LogP contribution in [-0.4, -0.2) is 33.2 Å². The van der Waals surface area contributed by atoms with Crippen LogP contribution in [0.2, 0.25) is 0 Å². The normalized spacial score (nSPS) is 15.6. The van der Waals surface area contributed by atoms with E-state index in [1.54, 1.807) is 29.2 Å². The quantitative estimate of drug-likeness (QED) is 0.854. The Morgan fingerprint density at radius 3 is 2.54 bits per heavy atom. The van der Waals surface area contributed by atoms with Gasteiger partial charge in [-0.15, -0.1) is 0 Å². The molecule has 6 heteroatoms. The molecule has 5 nitrogen and oxygen atoms in total. The van der Waals surface area contributed by atoms with Crippen molar-refractivity contribution in [1.82, 2.24) is 0 Å². The maximum atomic E-state index is 12.7. The molecule has 1 heterocycles. The number of amides is 1. The lowest BCUT2D eigenvalue weighted by Crippen LogP contribution is -2.40. The molecule has 0 N–H and O–H groups in total. The number of para-hydroxylation sites is 1. The third kappa shape index (κ3) is 3.28. The van der Waals surface area contributed by atoms with Gasteiger partial charge in [0.1, 0.15) is 5.75 Å². The summed E-state index contributed by atoms with van der Waals surface area (Å²) >= 11 is 0. The molecule has 24 heavy (non-hydrogen) atoms. The highest BCUT2D eigenvalue weighted by Crippen LogP contribution is 2.30. The SMILES string of the molecule is CCOc1ccc(CC(=O)N2CCS(=O)(=O)c3ccccc32)cc1. The molecule has 0 saturated carbocycles. The lowest BCUT2D eigenvalue weighted by molar-refractivity contribution is -0.118. The van der Waals surface area contributed by atoms with Gasteiger partial charge in [0.25, 0.3) is 0 Å². The third-order valence-electron chi connectivity index (χ3n) is 3.97. The second-order valence-electron chi connectivity index (χ2n) is 5.59. The zero-order valence-electron chi connectivity index (χ0n) is 13.4. The summed E-state index contributed by atoms with van der Waals surface area (Å²) in [6.45, 7) is 2.70. The van der Waals surface area contributed by atoms with Crippen LogP contribution in [0.5, 0.6) is 5.75 Å². The van der Waals surface area contributed by atoms with Gasteiger partial charge in [0.15, 0.2) is 9.84 Å². The van der Waals surface area contributed by atoms with Crippen LogP contribution in [0.1, 0.15) is 12.5 Å². The zero-order chi connectivity index (χ0) is 17.2. The molecule has 1 aliphatic heterocycles. The predicted octanol–water partition coefficient (Wildman–Crippen LogP) is 2.45. The second-order valence-corrected chi connectivity index (χ2v) is 7.66. The van der Waals surface area contributed by atoms with Gasteiger partial charge in [-0.25, -0.2) is 8.42 Å². The molecule has 0 unspecified atom stereocenters. The van der Waals surface area contributed by atoms with E-state index in [0.717, 1.165) is 11.3 Å². The predicted molar refractivity (Wildman–Crippen MR) is 92.2 cm³/mol. The first-order valence-corrected chi connectivity index (χ1v) is 9.50. The fourth-order valence-electron chi connectivity index (χ4n) is 2.78. The molecule has 0 fully saturated rings. The van der Waals surface area contributed by atoms with Gasteiger partial charge in [-0.2, -0.15) is 0 Å². The lowest BCUT2D eigenvalue weighted by atomic mass is 10.1. The first-order chi connectivity index (χ1) is 11.5. The zero-order valence-corrected chi connectivity index (χ0v) is 14.3. The van der Waals surface area contributed by atoms with Gasteiger partial charge < -0.3 is 9.64 Å². The number of ether oxygens (including phenoxy) is 1. The highest BCUT2D eigenvalue weighted by atomic mass is 32.2. The van der Waals surface area contributed by atoms with Crippen LogP contribution in [0.25, 0.3) is 0 Å². The lowest BCUT2D eigenvalue weighted by Gasteiger charge is -2.29. The van der Waals surface area contributed by atoms with E-state index in [1.807, 2.05) is 31.2 Å². The molecule has 0 radical (unpaired) electrons. The molecule has 1 amide bonds. The van der Waals surface area contributed by atoms with Crippen molar-refractivity contribution < 1.29 is 17.9 Å². The van der Waals surface area contributed by atoms with Crippen LogP contribution in [0.15, 0.2) is 53.4 Å². The number of carbonyl (C=O) groups is 1. The number of carbonyl (C=O) groups excluding carboxylic acids is 1. The summed E-state index contributed by atoms with van der Waals surface area (Å²) in [5, 5.41) is 0. The molecular formula is C18H19NO4S. The minimum atomic E-state index is -3.30. The van der Waals surface area contributed by atoms with E-state index in [1.165, 1.54) is 0 Å². The Hall–Kier alpha value is -2.34. The number of fused-ring (bicyclic) bond motifs is 1. The van der Waals surface area contributed by atoms with Gasteiger partial charge in [0, 0.05) is 6.54 Å². The molecule has 0 atom stereocenters. The summed E-state index contributed by atoms with van der Waals surface area (Å²) in [5.41, 5.74) is 1.34. The first kappa shape index (κ1) is 16.5. The average molecular weight is 345 g/mol. The minimum Gasteiger partial charge on any atom is -0.494 e. The van der Waals surface area contributed by atoms with Crippen molar-refractivity contribution in [2.24, 2.45) is 0 Å². The number of rotatable bonds is 4. The van der Waals surface area contributed by atoms with Crippen molar-refractivity contribution in [3.63, 3.8) is 0 Å². The first-order valence-electron chi connectivity index (χ1n) is 7.85. The third-order valence-corrected chi connectivity index (χ3v) is 5.70. The van der Waals surface area contributed by atoms with Crippen molar-refractivity contribution >= 4 is 21.4 Å². The van der Waals surface area contributed by atoms with Crippen LogP contribution in [-0.2, 0) is 21.1 Å². The summed E-state index contributed by atoms with van der Waals surface area (Å²) < 4.78 is 29.7. The molecule has 126 valence electrons. The fourth-order valence-corrected chi connectivity index (χ4v) is 4.21. The Bertz CT molecular complexity index is 844. The van der Waals surface area contributed by atoms with Crippen LogP contribution in [0, 0.1) is 0 Å². The standard InChI is InChI=1S/C18H19NO4S/c1-2-23-15-9-7-14(8-10-15)13-18(20)19-11-12-24(21,22)17-6-4-3-5-16(17)19/h3-10H,2,11-13H2,1H3. The van der Waals surface area contributed by atoms with Gasteiger partial charge in [-0.1, -0.05) is 24.3 Å². The van der Waals surface area contributed by atoms with E-state index in [2.05, 4.69) is 0 Å². The summed E-state index contributed by atoms with van der Waals surface area (Å²) in [6, 6.07) is 14.0. The molecule has 0 aromatic heterocycles. The maximum Gasteiger partial charge on any atom is 0.231 e. The van der Waals surface area contributed by atoms with Crippen molar-refractivity contribution in [3.8, 4) is 5.75 Å². The van der Waals surface area contributed by atoms with Crippen molar-refractivity contribution in [3.05, 3.63) is 54.1 Å². The summed E-state index contributed by atoms with van der Waals surface area (Å²) in [7, 11) is -3.30. The Kier molecular flexibility index (Phi) is 4.57. The van der Waals surface area contributed by atoms with Crippen LogP contribution < -0.4 is 9.64 Å². The number of hydrogen-bond donors (Lipinski definition) is 0. The maximum absolute atomic E-state index is 12.7. The Balaban J connectivity index is 1.81. The second kappa shape index (κ2) is 6.65. The smallest absolute Gasteiger partial charge is 0.231 e. The topological polar surface area (TPSA) is 63.7 Å². The molecule has 3 rings (SSSR count). The number of sulfone groups is 1. The number of hydrogen-bond acceptors (Lipinski definition) is 4. The van der Waals surface area contributed by atoms with Crippen LogP contribution >= 0.6 is 0 Å². The van der Waals surface area contributed by atoms with Gasteiger partial charge >= 0.3 is 0 Å². The molecule has 2 aromatic carbocycles. The van der Waals surface area contributed by atoms with Gasteiger partial charge in [0.2, 0.25) is 5.91 Å². The van der Waals surface area contributed by atoms with E-state index in [9.17, 15) is 13.2 Å². The van der Waals surface area contributed by atoms with E-state index in [4.69, 9.17) is 4.74 Å². The average Bonchev–Trinajstić information content (AvgIpc) is 2.57. The van der Waals surface area contributed by atoms with Crippen LogP contribution in [0.4, 0.5) is 5.69 Å². The largest absolute Gasteiger partial charge is 0.494 e. The molecular weight excluding hydrogens is 326 g/mol. The molecule has 0 spiro atoms. The monoisotopic (exact) mass is 345 g/mol. The van der Waals surface area contributed by atoms with E-state index in [-0.39, 0.29) is 29.5 Å². The summed E-state index contributed by atoms with van der Waals surface area (Å²) in [5.74, 6) is 0.614. The van der Waals surface area contributed by atoms with E-state index in [0.29, 0.717) is 12.3 Å². The van der Waals surface area contributed by atoms with Gasteiger partial charge in [-0.3, -0.25) is 4.79 Å². The molecule has 0 saturated heterocycles. The van der Waals surface area contributed by atoms with Crippen molar-refractivity contribution in [2.75, 3.05) is 23.8 Å². The molecule has 2 aromatic rings. The highest BCUT2D eigenvalue weighted by Gasteiger charge is 2.31. The Morgan fingerprint density at radius 2 is 1.83 bits per heavy atom. The van der Waals surface area contributed by atoms with Gasteiger partial charge in [-0.05, 0) is 36.8 Å². The Labute approximate surface area is 141 Å². The molecule has 0 aliphatic carbocycles.